The van der Waals surface area contributed by atoms with Crippen molar-refractivity contribution in [3.8, 4) is 0 Å². The fourth-order valence-electron chi connectivity index (χ4n) is 2.97. The van der Waals surface area contributed by atoms with E-state index < -0.39 is 38.4 Å². The van der Waals surface area contributed by atoms with Crippen LogP contribution in [0.15, 0.2) is 43.0 Å². The summed E-state index contributed by atoms with van der Waals surface area (Å²) < 4.78 is 20.6. The molecule has 5 atom stereocenters. The Morgan fingerprint density at radius 3 is 2.69 bits per heavy atom. The van der Waals surface area contributed by atoms with Gasteiger partial charge in [-0.1, -0.05) is 0 Å². The molecule has 4 rings (SSSR count). The fourth-order valence-corrected chi connectivity index (χ4v) is 5.55. The molecule has 4 N–H and O–H groups in total. The number of nitrogen functional groups attached to an aromatic ring is 1. The van der Waals surface area contributed by atoms with E-state index in [0.29, 0.717) is 11.2 Å². The molecule has 1 aromatic carbocycles. The van der Waals surface area contributed by atoms with E-state index in [9.17, 15) is 14.0 Å². The van der Waals surface area contributed by atoms with E-state index in [1.54, 1.807) is 12.1 Å². The Morgan fingerprint density at radius 2 is 1.92 bits per heavy atom. The molecule has 2 aromatic heterocycles. The predicted octanol–water partition coefficient (Wildman–Crippen LogP) is -0.643. The van der Waals surface area contributed by atoms with Gasteiger partial charge in [-0.25, -0.2) is 0 Å². The molecule has 26 heavy (non-hydrogen) atoms. The summed E-state index contributed by atoms with van der Waals surface area (Å²) in [6, 6.07) is 9.05. The molecule has 1 aliphatic heterocycles. The van der Waals surface area contributed by atoms with E-state index >= 15 is 0 Å². The number of hydrogen-bond acceptors (Lipinski definition) is 8. The Hall–Kier alpha value is -2.23. The van der Waals surface area contributed by atoms with Crippen LogP contribution in [0.1, 0.15) is 6.23 Å². The fraction of sp³-hybridized carbons (Fsp3) is 0.312. The second kappa shape index (κ2) is 6.82. The zero-order valence-corrected chi connectivity index (χ0v) is 15.3. The molecule has 9 nitrogen and oxygen atoms in total. The van der Waals surface area contributed by atoms with Crippen molar-refractivity contribution < 1.29 is 18.8 Å². The van der Waals surface area contributed by atoms with E-state index in [1.165, 1.54) is 17.2 Å². The third kappa shape index (κ3) is 2.91. The molecule has 0 aliphatic carbocycles. The van der Waals surface area contributed by atoms with Gasteiger partial charge in [0.15, 0.2) is 0 Å². The van der Waals surface area contributed by atoms with Crippen LogP contribution in [0.25, 0.3) is 11.2 Å². The van der Waals surface area contributed by atoms with Crippen LogP contribution in [0.3, 0.4) is 0 Å². The van der Waals surface area contributed by atoms with Crippen LogP contribution in [-0.2, 0) is 8.57 Å². The van der Waals surface area contributed by atoms with Crippen LogP contribution in [0.5, 0.6) is 0 Å². The molecule has 0 spiro atoms. The van der Waals surface area contributed by atoms with Crippen molar-refractivity contribution in [2.24, 2.45) is 0 Å². The number of anilines is 1. The quantitative estimate of drug-likeness (QED) is 0.473. The van der Waals surface area contributed by atoms with Gasteiger partial charge in [0.05, 0.1) is 0 Å². The monoisotopic (exact) mass is 423 g/mol. The maximum absolute atomic E-state index is 12.6. The molecule has 10 heteroatoms. The van der Waals surface area contributed by atoms with E-state index in [0.717, 1.165) is 4.46 Å². The summed E-state index contributed by atoms with van der Waals surface area (Å²) >= 11 is -2.41. The van der Waals surface area contributed by atoms with Crippen molar-refractivity contribution in [3.63, 3.8) is 0 Å². The minimum absolute atomic E-state index is 0.155. The average molecular weight is 422 g/mol. The zero-order chi connectivity index (χ0) is 18.3. The van der Waals surface area contributed by atoms with Crippen LogP contribution in [0.4, 0.5) is 5.82 Å². The number of ether oxygens (including phenoxy) is 1. The molecule has 1 saturated heterocycles. The second-order valence-corrected chi connectivity index (χ2v) is 9.09. The molecule has 0 saturated carbocycles. The number of aliphatic hydroxyl groups excluding tert-OH is 2. The van der Waals surface area contributed by atoms with E-state index in [4.69, 9.17) is 10.5 Å². The van der Waals surface area contributed by atoms with Crippen molar-refractivity contribution in [1.29, 1.82) is 0 Å². The van der Waals surface area contributed by atoms with Crippen molar-refractivity contribution in [2.75, 3.05) is 5.73 Å². The topological polar surface area (TPSA) is 136 Å². The maximum atomic E-state index is 12.6. The summed E-state index contributed by atoms with van der Waals surface area (Å²) in [5.74, 6) is 0.216. The predicted molar refractivity (Wildman–Crippen MR) is 93.0 cm³/mol. The van der Waals surface area contributed by atoms with Crippen molar-refractivity contribution in [3.05, 3.63) is 43.0 Å². The van der Waals surface area contributed by atoms with Crippen LogP contribution in [-0.4, -0.2) is 61.9 Å². The number of rotatable bonds is 4. The van der Waals surface area contributed by atoms with E-state index in [2.05, 4.69) is 15.0 Å². The standard InChI is InChI=1S/C16H17N5O4Se/c17-14-11-15(19-7-18-14)21(8-20-11)16-13(23)12(22)10(25-16)6-26(24)9-4-2-1-3-5-9/h1-5,7-8,10,12-13,16,22-23H,6H2,(H2,17,18,19). The number of fused-ring (bicyclic) bond motifs is 1. The van der Waals surface area contributed by atoms with Crippen molar-refractivity contribution in [1.82, 2.24) is 19.5 Å². The van der Waals surface area contributed by atoms with Gasteiger partial charge >= 0.3 is 152 Å². The molecular weight excluding hydrogens is 405 g/mol. The number of aliphatic hydroxyl groups is 2. The Kier molecular flexibility index (Phi) is 4.51. The first-order chi connectivity index (χ1) is 12.6. The Morgan fingerprint density at radius 1 is 1.15 bits per heavy atom. The zero-order valence-electron chi connectivity index (χ0n) is 13.5. The molecule has 0 radical (unpaired) electrons. The van der Waals surface area contributed by atoms with Gasteiger partial charge in [-0.2, -0.15) is 0 Å². The van der Waals surface area contributed by atoms with Gasteiger partial charge in [0.1, 0.15) is 0 Å². The van der Waals surface area contributed by atoms with Crippen molar-refractivity contribution >= 4 is 35.3 Å². The summed E-state index contributed by atoms with van der Waals surface area (Å²) in [4.78, 5) is 12.1. The Balaban J connectivity index is 1.58. The van der Waals surface area contributed by atoms with Crippen LogP contribution >= 0.6 is 0 Å². The number of aromatic nitrogens is 4. The van der Waals surface area contributed by atoms with Gasteiger partial charge in [-0.15, -0.1) is 0 Å². The number of hydrogen-bond donors (Lipinski definition) is 3. The molecular formula is C16H17N5O4Se. The number of nitrogens with two attached hydrogens (primary N) is 1. The van der Waals surface area contributed by atoms with Gasteiger partial charge in [0.25, 0.3) is 0 Å². The molecule has 1 aliphatic rings. The van der Waals surface area contributed by atoms with Crippen LogP contribution < -0.4 is 10.2 Å². The molecule has 0 bridgehead atoms. The molecule has 1 fully saturated rings. The summed E-state index contributed by atoms with van der Waals surface area (Å²) in [5, 5.41) is 20.9. The number of benzene rings is 1. The second-order valence-electron chi connectivity index (χ2n) is 5.95. The van der Waals surface area contributed by atoms with E-state index in [-0.39, 0.29) is 11.1 Å². The Labute approximate surface area is 152 Å². The van der Waals surface area contributed by atoms with Gasteiger partial charge in [0.2, 0.25) is 0 Å². The molecule has 0 amide bonds. The normalized spacial score (nSPS) is 27.0. The minimum atomic E-state index is -2.41. The molecule has 3 heterocycles. The first-order valence-electron chi connectivity index (χ1n) is 7.94. The summed E-state index contributed by atoms with van der Waals surface area (Å²) in [7, 11) is 0. The number of nitrogens with zero attached hydrogens (tertiary/aromatic N) is 4. The summed E-state index contributed by atoms with van der Waals surface area (Å²) in [6.45, 7) is 0. The third-order valence-corrected chi connectivity index (χ3v) is 7.32. The summed E-state index contributed by atoms with van der Waals surface area (Å²) in [5.41, 5.74) is 6.56. The average Bonchev–Trinajstić information content (AvgIpc) is 3.20. The van der Waals surface area contributed by atoms with Crippen LogP contribution in [0.2, 0.25) is 5.32 Å². The van der Waals surface area contributed by atoms with Gasteiger partial charge in [-0.05, 0) is 0 Å². The van der Waals surface area contributed by atoms with Gasteiger partial charge in [-0.3, -0.25) is 0 Å². The number of imidazole rings is 1. The Bertz CT molecular complexity index is 950. The van der Waals surface area contributed by atoms with Gasteiger partial charge < -0.3 is 0 Å². The molecule has 136 valence electrons. The van der Waals surface area contributed by atoms with Gasteiger partial charge in [0, 0.05) is 0 Å². The first-order valence-corrected chi connectivity index (χ1v) is 10.7. The SMILES string of the molecule is Nc1ncnc2c1ncn2C1OC(C[Se](=O)c2ccccc2)C(O)C1O. The third-order valence-electron chi connectivity index (χ3n) is 4.32. The first kappa shape index (κ1) is 17.2. The van der Waals surface area contributed by atoms with Crippen LogP contribution in [0, 0.1) is 0 Å². The molecule has 5 unspecified atom stereocenters. The molecule has 3 aromatic rings. The summed E-state index contributed by atoms with van der Waals surface area (Å²) in [6.07, 6.45) is -1.30. The van der Waals surface area contributed by atoms with Crippen molar-refractivity contribution in [2.45, 2.75) is 29.9 Å². The van der Waals surface area contributed by atoms with E-state index in [1.807, 2.05) is 18.2 Å².